The summed E-state index contributed by atoms with van der Waals surface area (Å²) < 4.78 is 11.8. The van der Waals surface area contributed by atoms with Gasteiger partial charge in [0.25, 0.3) is 5.91 Å². The summed E-state index contributed by atoms with van der Waals surface area (Å²) in [5.74, 6) is -0.532. The van der Waals surface area contributed by atoms with Gasteiger partial charge in [0, 0.05) is 29.3 Å². The van der Waals surface area contributed by atoms with E-state index >= 15 is 0 Å². The third-order valence-electron chi connectivity index (χ3n) is 7.02. The smallest absolute Gasteiger partial charge is 0.252 e. The Morgan fingerprint density at radius 3 is 2.73 bits per heavy atom. The normalized spacial score (nSPS) is 21.1. The fraction of sp³-hybridized carbons (Fsp3) is 0.379. The molecule has 3 atom stereocenters. The van der Waals surface area contributed by atoms with E-state index in [9.17, 15) is 14.9 Å². The van der Waals surface area contributed by atoms with Crippen molar-refractivity contribution in [1.82, 2.24) is 0 Å². The van der Waals surface area contributed by atoms with Crippen LogP contribution >= 0.6 is 15.9 Å². The van der Waals surface area contributed by atoms with Crippen molar-refractivity contribution in [3.8, 4) is 17.6 Å². The van der Waals surface area contributed by atoms with Crippen molar-refractivity contribution in [1.29, 1.82) is 5.26 Å². The van der Waals surface area contributed by atoms with Crippen LogP contribution in [0.5, 0.6) is 11.5 Å². The molecule has 8 heteroatoms. The van der Waals surface area contributed by atoms with Crippen LogP contribution in [0.25, 0.3) is 0 Å². The molecule has 37 heavy (non-hydrogen) atoms. The van der Waals surface area contributed by atoms with E-state index in [4.69, 9.17) is 20.2 Å². The third kappa shape index (κ3) is 5.47. The molecule has 2 N–H and O–H groups in total. The second kappa shape index (κ2) is 11.3. The summed E-state index contributed by atoms with van der Waals surface area (Å²) in [5.41, 5.74) is 9.49. The molecule has 0 spiro atoms. The van der Waals surface area contributed by atoms with Gasteiger partial charge < -0.3 is 15.2 Å². The number of amides is 1. The van der Waals surface area contributed by atoms with Gasteiger partial charge in [-0.25, -0.2) is 0 Å². The number of ether oxygens (including phenoxy) is 2. The maximum absolute atomic E-state index is 13.4. The van der Waals surface area contributed by atoms with Gasteiger partial charge >= 0.3 is 0 Å². The largest absolute Gasteiger partial charge is 0.497 e. The van der Waals surface area contributed by atoms with Crippen LogP contribution in [0.1, 0.15) is 66.9 Å². The van der Waals surface area contributed by atoms with E-state index in [-0.39, 0.29) is 23.9 Å². The number of hydrogen-bond acceptors (Lipinski definition) is 6. The summed E-state index contributed by atoms with van der Waals surface area (Å²) in [4.78, 5) is 30.6. The van der Waals surface area contributed by atoms with Crippen molar-refractivity contribution in [2.75, 3.05) is 7.11 Å². The summed E-state index contributed by atoms with van der Waals surface area (Å²) in [5, 5.41) is 10.1. The van der Waals surface area contributed by atoms with Crippen molar-refractivity contribution in [2.24, 2.45) is 22.6 Å². The molecule has 0 saturated carbocycles. The van der Waals surface area contributed by atoms with Crippen molar-refractivity contribution < 1.29 is 19.1 Å². The Labute approximate surface area is 225 Å². The quantitative estimate of drug-likeness (QED) is 0.431. The Balaban J connectivity index is 1.74. The zero-order valence-corrected chi connectivity index (χ0v) is 22.8. The van der Waals surface area contributed by atoms with Crippen LogP contribution in [0.2, 0.25) is 0 Å². The van der Waals surface area contributed by atoms with E-state index < -0.39 is 17.7 Å². The molecule has 4 rings (SSSR count). The topological polar surface area (TPSA) is 115 Å². The van der Waals surface area contributed by atoms with Gasteiger partial charge in [-0.2, -0.15) is 5.26 Å². The molecule has 1 amide bonds. The molecule has 2 aromatic carbocycles. The highest BCUT2D eigenvalue weighted by Crippen LogP contribution is 2.46. The first-order valence-electron chi connectivity index (χ1n) is 12.4. The number of halogens is 1. The summed E-state index contributed by atoms with van der Waals surface area (Å²) in [7, 11) is 1.59. The molecule has 3 unspecified atom stereocenters. The Morgan fingerprint density at radius 2 is 2.05 bits per heavy atom. The van der Waals surface area contributed by atoms with Crippen molar-refractivity contribution in [2.45, 2.75) is 52.1 Å². The van der Waals surface area contributed by atoms with Crippen molar-refractivity contribution >= 4 is 33.3 Å². The van der Waals surface area contributed by atoms with Crippen LogP contribution in [0.4, 0.5) is 0 Å². The lowest BCUT2D eigenvalue weighted by atomic mass is 9.70. The molecular formula is C29H30BrN3O4. The monoisotopic (exact) mass is 563 g/mol. The number of hydrogen-bond donors (Lipinski definition) is 1. The lowest BCUT2D eigenvalue weighted by Gasteiger charge is -2.35. The Morgan fingerprint density at radius 1 is 1.27 bits per heavy atom. The number of rotatable bonds is 8. The maximum Gasteiger partial charge on any atom is 0.252 e. The van der Waals surface area contributed by atoms with Gasteiger partial charge in [0.2, 0.25) is 0 Å². The number of methoxy groups -OCH3 is 1. The van der Waals surface area contributed by atoms with Crippen molar-refractivity contribution in [3.63, 3.8) is 0 Å². The van der Waals surface area contributed by atoms with E-state index in [1.807, 2.05) is 37.3 Å². The van der Waals surface area contributed by atoms with E-state index in [1.54, 1.807) is 13.2 Å². The molecule has 1 aliphatic heterocycles. The van der Waals surface area contributed by atoms with E-state index in [0.29, 0.717) is 45.7 Å². The molecule has 192 valence electrons. The van der Waals surface area contributed by atoms with Crippen molar-refractivity contribution in [3.05, 3.63) is 68.8 Å². The number of ketones is 1. The number of aliphatic imine (C=N–C) groups is 1. The first kappa shape index (κ1) is 26.6. The van der Waals surface area contributed by atoms with Gasteiger partial charge in [-0.05, 0) is 77.0 Å². The number of Topliss-reactive ketones (excluding diaryl/α,β-unsaturated/α-hetero) is 1. The highest BCUT2D eigenvalue weighted by atomic mass is 79.9. The summed E-state index contributed by atoms with van der Waals surface area (Å²) >= 11 is 3.55. The average Bonchev–Trinajstić information content (AvgIpc) is 2.87. The molecule has 7 nitrogen and oxygen atoms in total. The molecular weight excluding hydrogens is 534 g/mol. The SMILES string of the molecule is CCCC1CC(=O)C2=C(C1)N=C(C)C(C#N)C2c1cc(Br)c(OCc2cccc(OC)c2)c(C(N)=O)c1. The number of carbonyl (C=O) groups excluding carboxylic acids is 2. The molecule has 1 aliphatic carbocycles. The van der Waals surface area contributed by atoms with E-state index in [2.05, 4.69) is 28.9 Å². The van der Waals surface area contributed by atoms with Crippen LogP contribution in [-0.2, 0) is 11.4 Å². The van der Waals surface area contributed by atoms with Crippen LogP contribution in [0.15, 0.2) is 57.1 Å². The third-order valence-corrected chi connectivity index (χ3v) is 7.61. The molecule has 0 bridgehead atoms. The number of nitriles is 1. The molecule has 1 heterocycles. The summed E-state index contributed by atoms with van der Waals surface area (Å²) in [6.07, 6.45) is 3.12. The van der Waals surface area contributed by atoms with Crippen LogP contribution in [0.3, 0.4) is 0 Å². The minimum atomic E-state index is -0.662. The first-order chi connectivity index (χ1) is 17.8. The Kier molecular flexibility index (Phi) is 8.13. The fourth-order valence-electron chi connectivity index (χ4n) is 5.32. The lowest BCUT2D eigenvalue weighted by Crippen LogP contribution is -2.33. The zero-order valence-electron chi connectivity index (χ0n) is 21.2. The maximum atomic E-state index is 13.4. The van der Waals surface area contributed by atoms with E-state index in [1.165, 1.54) is 0 Å². The molecule has 2 aliphatic rings. The number of carbonyl (C=O) groups is 2. The minimum Gasteiger partial charge on any atom is -0.497 e. The number of nitrogens with zero attached hydrogens (tertiary/aromatic N) is 2. The van der Waals surface area contributed by atoms with Gasteiger partial charge in [-0.1, -0.05) is 25.5 Å². The van der Waals surface area contributed by atoms with Gasteiger partial charge in [-0.15, -0.1) is 0 Å². The summed E-state index contributed by atoms with van der Waals surface area (Å²) in [6, 6.07) is 13.2. The predicted molar refractivity (Wildman–Crippen MR) is 145 cm³/mol. The van der Waals surface area contributed by atoms with Crippen LogP contribution in [0, 0.1) is 23.2 Å². The second-order valence-corrected chi connectivity index (χ2v) is 10.4. The Hall–Kier alpha value is -3.44. The van der Waals surface area contributed by atoms with E-state index in [0.717, 1.165) is 24.1 Å². The number of nitrogens with two attached hydrogens (primary N) is 1. The van der Waals surface area contributed by atoms with Gasteiger partial charge in [0.05, 0.1) is 29.1 Å². The highest BCUT2D eigenvalue weighted by Gasteiger charge is 2.41. The zero-order chi connectivity index (χ0) is 26.7. The number of benzene rings is 2. The lowest BCUT2D eigenvalue weighted by molar-refractivity contribution is -0.117. The highest BCUT2D eigenvalue weighted by molar-refractivity contribution is 9.10. The van der Waals surface area contributed by atoms with Gasteiger partial charge in [0.15, 0.2) is 5.78 Å². The molecule has 2 aromatic rings. The molecule has 0 fully saturated rings. The first-order valence-corrected chi connectivity index (χ1v) is 13.2. The average molecular weight is 564 g/mol. The standard InChI is InChI=1S/C29H30BrN3O4/c1-4-6-17-10-24-27(25(34)11-17)26(22(14-31)16(2)33-24)19-12-21(29(32)35)28(23(30)13-19)37-15-18-7-5-8-20(9-18)36-3/h5,7-9,12-13,17,22,26H,4,6,10-11,15H2,1-3H3,(H2,32,35). The van der Waals surface area contributed by atoms with Crippen LogP contribution in [-0.4, -0.2) is 24.5 Å². The van der Waals surface area contributed by atoms with Gasteiger partial charge in [0.1, 0.15) is 18.1 Å². The fourth-order valence-corrected chi connectivity index (χ4v) is 5.91. The minimum absolute atomic E-state index is 0.0244. The molecule has 0 aromatic heterocycles. The van der Waals surface area contributed by atoms with Gasteiger partial charge in [-0.3, -0.25) is 14.6 Å². The Bertz CT molecular complexity index is 1340. The number of allylic oxidation sites excluding steroid dienone is 2. The van der Waals surface area contributed by atoms with Crippen LogP contribution < -0.4 is 15.2 Å². The predicted octanol–water partition coefficient (Wildman–Crippen LogP) is 5.87. The second-order valence-electron chi connectivity index (χ2n) is 9.57. The molecule has 0 radical (unpaired) electrons. The molecule has 0 saturated heterocycles. The summed E-state index contributed by atoms with van der Waals surface area (Å²) in [6.45, 7) is 4.13. The number of primary amides is 1.